The Bertz CT molecular complexity index is 365. The van der Waals surface area contributed by atoms with E-state index in [9.17, 15) is 9.90 Å². The molecule has 1 saturated carbocycles. The highest BCUT2D eigenvalue weighted by molar-refractivity contribution is 5.78. The lowest BCUT2D eigenvalue weighted by Gasteiger charge is -2.40. The van der Waals surface area contributed by atoms with Gasteiger partial charge in [-0.2, -0.15) is 0 Å². The molecular formula is C16H31N3O2. The lowest BCUT2D eigenvalue weighted by atomic mass is 9.91. The maximum Gasteiger partial charge on any atom is 0.323 e. The van der Waals surface area contributed by atoms with Crippen LogP contribution in [0.5, 0.6) is 0 Å². The van der Waals surface area contributed by atoms with Crippen LogP contribution in [0.1, 0.15) is 46.0 Å². The Hall–Kier alpha value is -0.650. The largest absolute Gasteiger partial charge is 0.480 e. The van der Waals surface area contributed by atoms with Crippen LogP contribution in [-0.2, 0) is 4.79 Å². The van der Waals surface area contributed by atoms with Gasteiger partial charge in [-0.1, -0.05) is 0 Å². The lowest BCUT2D eigenvalue weighted by Crippen LogP contribution is -2.55. The molecule has 0 bridgehead atoms. The molecule has 0 aromatic carbocycles. The van der Waals surface area contributed by atoms with E-state index in [1.807, 2.05) is 6.92 Å². The summed E-state index contributed by atoms with van der Waals surface area (Å²) in [6, 6.07) is 1.26. The Kier molecular flexibility index (Phi) is 5.28. The van der Waals surface area contributed by atoms with Crippen LogP contribution in [0.25, 0.3) is 0 Å². The average molecular weight is 297 g/mol. The molecule has 1 saturated heterocycles. The van der Waals surface area contributed by atoms with Crippen LogP contribution in [0.15, 0.2) is 0 Å². The second kappa shape index (κ2) is 6.63. The molecule has 2 atom stereocenters. The summed E-state index contributed by atoms with van der Waals surface area (Å²) in [5.74, 6) is -0.724. The number of carboxylic acid groups (broad SMARTS) is 1. The SMILES string of the molecule is CC(CC(C)(NC1CC1)C(=O)O)N(C)C1CCN(C)CC1. The number of hydrogen-bond donors (Lipinski definition) is 2. The molecule has 5 heteroatoms. The lowest BCUT2D eigenvalue weighted by molar-refractivity contribution is -0.145. The Morgan fingerprint density at radius 2 is 1.95 bits per heavy atom. The minimum absolute atomic E-state index is 0.269. The first-order valence-electron chi connectivity index (χ1n) is 8.23. The van der Waals surface area contributed by atoms with Crippen LogP contribution in [0, 0.1) is 0 Å². The van der Waals surface area contributed by atoms with Crippen molar-refractivity contribution in [2.24, 2.45) is 0 Å². The van der Waals surface area contributed by atoms with Gasteiger partial charge in [0.25, 0.3) is 0 Å². The third-order valence-electron chi connectivity index (χ3n) is 5.24. The van der Waals surface area contributed by atoms with Gasteiger partial charge < -0.3 is 14.9 Å². The fourth-order valence-corrected chi connectivity index (χ4v) is 3.38. The zero-order valence-electron chi connectivity index (χ0n) is 13.9. The molecule has 21 heavy (non-hydrogen) atoms. The van der Waals surface area contributed by atoms with Gasteiger partial charge in [-0.25, -0.2) is 0 Å². The summed E-state index contributed by atoms with van der Waals surface area (Å²) < 4.78 is 0. The van der Waals surface area contributed by atoms with Crippen molar-refractivity contribution in [3.8, 4) is 0 Å². The molecule has 2 N–H and O–H groups in total. The van der Waals surface area contributed by atoms with Gasteiger partial charge in [-0.05, 0) is 73.1 Å². The number of rotatable bonds is 7. The minimum Gasteiger partial charge on any atom is -0.480 e. The highest BCUT2D eigenvalue weighted by Gasteiger charge is 2.40. The van der Waals surface area contributed by atoms with E-state index in [-0.39, 0.29) is 6.04 Å². The zero-order chi connectivity index (χ0) is 15.6. The fourth-order valence-electron chi connectivity index (χ4n) is 3.38. The number of likely N-dealkylation sites (tertiary alicyclic amines) is 1. The van der Waals surface area contributed by atoms with Crippen molar-refractivity contribution in [1.29, 1.82) is 0 Å². The van der Waals surface area contributed by atoms with Crippen LogP contribution < -0.4 is 5.32 Å². The van der Waals surface area contributed by atoms with Crippen molar-refractivity contribution >= 4 is 5.97 Å². The Morgan fingerprint density at radius 1 is 1.38 bits per heavy atom. The number of carbonyl (C=O) groups is 1. The molecule has 0 spiro atoms. The van der Waals surface area contributed by atoms with Gasteiger partial charge >= 0.3 is 5.97 Å². The third kappa shape index (κ3) is 4.41. The first-order chi connectivity index (χ1) is 9.82. The van der Waals surface area contributed by atoms with E-state index in [0.717, 1.165) is 25.9 Å². The van der Waals surface area contributed by atoms with Crippen LogP contribution in [0.3, 0.4) is 0 Å². The molecule has 0 aromatic heterocycles. The highest BCUT2D eigenvalue weighted by Crippen LogP contribution is 2.27. The van der Waals surface area contributed by atoms with Crippen molar-refractivity contribution in [1.82, 2.24) is 15.1 Å². The molecule has 0 amide bonds. The summed E-state index contributed by atoms with van der Waals surface area (Å²) in [6.07, 6.45) is 5.24. The molecule has 2 unspecified atom stereocenters. The third-order valence-corrected chi connectivity index (χ3v) is 5.24. The predicted molar refractivity (Wildman–Crippen MR) is 84.6 cm³/mol. The van der Waals surface area contributed by atoms with Gasteiger partial charge in [0.2, 0.25) is 0 Å². The van der Waals surface area contributed by atoms with E-state index in [0.29, 0.717) is 18.5 Å². The number of nitrogens with one attached hydrogen (secondary N) is 1. The predicted octanol–water partition coefficient (Wildman–Crippen LogP) is 1.39. The van der Waals surface area contributed by atoms with Crippen LogP contribution in [0.2, 0.25) is 0 Å². The van der Waals surface area contributed by atoms with E-state index in [1.165, 1.54) is 12.8 Å². The average Bonchev–Trinajstić information content (AvgIpc) is 3.22. The van der Waals surface area contributed by atoms with Gasteiger partial charge in [0.1, 0.15) is 5.54 Å². The molecule has 2 fully saturated rings. The molecule has 2 rings (SSSR count). The smallest absolute Gasteiger partial charge is 0.323 e. The van der Waals surface area contributed by atoms with Crippen molar-refractivity contribution < 1.29 is 9.90 Å². The minimum atomic E-state index is -0.805. The first-order valence-corrected chi connectivity index (χ1v) is 8.23. The molecule has 1 heterocycles. The molecule has 2 aliphatic rings. The molecule has 0 aromatic rings. The van der Waals surface area contributed by atoms with Crippen molar-refractivity contribution in [3.63, 3.8) is 0 Å². The van der Waals surface area contributed by atoms with Gasteiger partial charge in [0.15, 0.2) is 0 Å². The summed E-state index contributed by atoms with van der Waals surface area (Å²) >= 11 is 0. The fraction of sp³-hybridized carbons (Fsp3) is 0.938. The second-order valence-corrected chi connectivity index (χ2v) is 7.31. The number of piperidine rings is 1. The standard InChI is InChI=1S/C16H31N3O2/c1-12(19(4)14-7-9-18(3)10-8-14)11-16(2,15(20)21)17-13-5-6-13/h12-14,17H,5-11H2,1-4H3,(H,20,21). The van der Waals surface area contributed by atoms with E-state index in [4.69, 9.17) is 0 Å². The first kappa shape index (κ1) is 16.7. The van der Waals surface area contributed by atoms with E-state index >= 15 is 0 Å². The normalized spacial score (nSPS) is 25.8. The zero-order valence-corrected chi connectivity index (χ0v) is 13.9. The topological polar surface area (TPSA) is 55.8 Å². The summed E-state index contributed by atoms with van der Waals surface area (Å²) in [6.45, 7) is 6.28. The molecule has 1 aliphatic heterocycles. The van der Waals surface area contributed by atoms with Gasteiger partial charge in [-0.3, -0.25) is 10.1 Å². The van der Waals surface area contributed by atoms with Gasteiger partial charge in [-0.15, -0.1) is 0 Å². The van der Waals surface area contributed by atoms with Crippen LogP contribution >= 0.6 is 0 Å². The van der Waals surface area contributed by atoms with E-state index in [1.54, 1.807) is 0 Å². The quantitative estimate of drug-likeness (QED) is 0.744. The number of hydrogen-bond acceptors (Lipinski definition) is 4. The highest BCUT2D eigenvalue weighted by atomic mass is 16.4. The van der Waals surface area contributed by atoms with Gasteiger partial charge in [0, 0.05) is 18.1 Å². The summed E-state index contributed by atoms with van der Waals surface area (Å²) in [7, 11) is 4.32. The van der Waals surface area contributed by atoms with Crippen LogP contribution in [0.4, 0.5) is 0 Å². The summed E-state index contributed by atoms with van der Waals surface area (Å²) in [5, 5.41) is 12.9. The van der Waals surface area contributed by atoms with E-state index in [2.05, 4.69) is 36.1 Å². The number of carboxylic acids is 1. The summed E-state index contributed by atoms with van der Waals surface area (Å²) in [5.41, 5.74) is -0.805. The molecule has 1 aliphatic carbocycles. The maximum absolute atomic E-state index is 11.7. The van der Waals surface area contributed by atoms with Crippen molar-refractivity contribution in [3.05, 3.63) is 0 Å². The van der Waals surface area contributed by atoms with Crippen molar-refractivity contribution in [2.45, 2.75) is 69.6 Å². The van der Waals surface area contributed by atoms with Gasteiger partial charge in [0.05, 0.1) is 0 Å². The number of nitrogens with zero attached hydrogens (tertiary/aromatic N) is 2. The molecule has 5 nitrogen and oxygen atoms in total. The van der Waals surface area contributed by atoms with E-state index < -0.39 is 11.5 Å². The van der Waals surface area contributed by atoms with Crippen LogP contribution in [-0.4, -0.2) is 71.7 Å². The molecular weight excluding hydrogens is 266 g/mol. The molecule has 122 valence electrons. The molecule has 0 radical (unpaired) electrons. The summed E-state index contributed by atoms with van der Waals surface area (Å²) in [4.78, 5) is 16.4. The Labute approximate surface area is 128 Å². The Morgan fingerprint density at radius 3 is 2.43 bits per heavy atom. The van der Waals surface area contributed by atoms with Crippen molar-refractivity contribution in [2.75, 3.05) is 27.2 Å². The monoisotopic (exact) mass is 297 g/mol. The second-order valence-electron chi connectivity index (χ2n) is 7.31. The Balaban J connectivity index is 1.91. The maximum atomic E-state index is 11.7. The number of aliphatic carboxylic acids is 1.